The van der Waals surface area contributed by atoms with Crippen LogP contribution < -0.4 is 5.46 Å². The highest BCUT2D eigenvalue weighted by Crippen LogP contribution is 2.44. The summed E-state index contributed by atoms with van der Waals surface area (Å²) in [6.07, 6.45) is 3.57. The fourth-order valence-electron chi connectivity index (χ4n) is 9.35. The summed E-state index contributed by atoms with van der Waals surface area (Å²) < 4.78 is 37.5. The molecule has 3 atom stereocenters. The quantitative estimate of drug-likeness (QED) is 0.107. The van der Waals surface area contributed by atoms with Crippen LogP contribution in [0.3, 0.4) is 0 Å². The first kappa shape index (κ1) is 67.5. The lowest BCUT2D eigenvalue weighted by Gasteiger charge is -2.32. The van der Waals surface area contributed by atoms with Crippen molar-refractivity contribution in [3.8, 4) is 79.2 Å². The van der Waals surface area contributed by atoms with E-state index in [2.05, 4.69) is 133 Å². The number of halogens is 1. The Hall–Kier alpha value is -5.68. The van der Waals surface area contributed by atoms with E-state index < -0.39 is 32.3 Å². The number of nitrogens with zero attached hydrogens (tertiary/aromatic N) is 4. The Kier molecular flexibility index (Phi) is 22.3. The molecule has 5 heterocycles. The van der Waals surface area contributed by atoms with E-state index in [4.69, 9.17) is 32.9 Å². The molecule has 2 aromatic heterocycles. The molecule has 0 radical (unpaired) electrons. The van der Waals surface area contributed by atoms with Crippen molar-refractivity contribution in [1.82, 2.24) is 9.97 Å². The monoisotopic (exact) mass is 1240 g/mol. The fraction of sp³-hybridized carbons (Fsp3) is 0.284. The SMILES string of the molecule is C.CC1(C)OB(B2OC(C)(C)C(C)(C)O2)OC1(C)C.CC1(C)OB(c2cc(-c3ccccc3)cc(-c3cc(C#N)c(-c4ccccc4)cn3)c2)OC1(C)C.N#Cc1cc(-c2cc(Br)cc(-c3ccccc3)c2)ncc1-c1ccccc1.P.PP. The van der Waals surface area contributed by atoms with Gasteiger partial charge in [-0.2, -0.15) is 20.4 Å². The van der Waals surface area contributed by atoms with E-state index in [0.29, 0.717) is 11.1 Å². The highest BCUT2D eigenvalue weighted by molar-refractivity contribution is 9.10. The van der Waals surface area contributed by atoms with Gasteiger partial charge in [0.25, 0.3) is 0 Å². The maximum atomic E-state index is 9.91. The minimum Gasteiger partial charge on any atom is -0.405 e. The largest absolute Gasteiger partial charge is 0.494 e. The summed E-state index contributed by atoms with van der Waals surface area (Å²) in [5.74, 6) is 0. The van der Waals surface area contributed by atoms with Crippen LogP contribution in [-0.4, -0.2) is 64.7 Å². The zero-order valence-corrected chi connectivity index (χ0v) is 54.8. The Labute approximate surface area is 516 Å². The minimum absolute atomic E-state index is 0. The lowest BCUT2D eigenvalue weighted by molar-refractivity contribution is 0.00578. The van der Waals surface area contributed by atoms with Gasteiger partial charge in [0.15, 0.2) is 0 Å². The van der Waals surface area contributed by atoms with Crippen LogP contribution in [0.4, 0.5) is 0 Å². The summed E-state index contributed by atoms with van der Waals surface area (Å²) in [6.45, 7) is 24.4. The first-order valence-electron chi connectivity index (χ1n) is 27.3. The lowest BCUT2D eigenvalue weighted by Crippen LogP contribution is -2.41. The van der Waals surface area contributed by atoms with E-state index in [-0.39, 0.29) is 39.7 Å². The maximum absolute atomic E-state index is 9.91. The molecule has 11 rings (SSSR count). The Morgan fingerprint density at radius 3 is 1.02 bits per heavy atom. The summed E-state index contributed by atoms with van der Waals surface area (Å²) >= 11 is 3.60. The molecule has 0 bridgehead atoms. The molecule has 0 amide bonds. The average Bonchev–Trinajstić information content (AvgIpc) is 2.62. The van der Waals surface area contributed by atoms with Crippen molar-refractivity contribution >= 4 is 70.3 Å². The van der Waals surface area contributed by atoms with Crippen molar-refractivity contribution in [2.24, 2.45) is 0 Å². The van der Waals surface area contributed by atoms with Crippen molar-refractivity contribution in [2.45, 2.75) is 124 Å². The Bertz CT molecular complexity index is 3530. The molecule has 8 aromatic rings. The highest BCUT2D eigenvalue weighted by atomic mass is 79.9. The van der Waals surface area contributed by atoms with Gasteiger partial charge in [-0.3, -0.25) is 9.97 Å². The summed E-state index contributed by atoms with van der Waals surface area (Å²) in [5, 5.41) is 19.6. The van der Waals surface area contributed by atoms with E-state index in [1.807, 2.05) is 171 Å². The van der Waals surface area contributed by atoms with Gasteiger partial charge < -0.3 is 27.9 Å². The van der Waals surface area contributed by atoms with Gasteiger partial charge in [0.1, 0.15) is 0 Å². The molecule has 0 N–H and O–H groups in total. The Morgan fingerprint density at radius 1 is 0.393 bits per heavy atom. The number of pyridine rings is 2. The molecule has 10 nitrogen and oxygen atoms in total. The van der Waals surface area contributed by atoms with Crippen LogP contribution >= 0.6 is 43.7 Å². The van der Waals surface area contributed by atoms with E-state index in [1.165, 1.54) is 0 Å². The molecule has 3 saturated heterocycles. The van der Waals surface area contributed by atoms with Crippen LogP contribution in [-0.2, 0) is 27.9 Å². The second-order valence-corrected chi connectivity index (χ2v) is 24.2. The molecule has 3 aliphatic heterocycles. The normalized spacial score (nSPS) is 17.0. The van der Waals surface area contributed by atoms with Gasteiger partial charge in [-0.15, -0.1) is 17.9 Å². The number of aromatic nitrogens is 2. The maximum Gasteiger partial charge on any atom is 0.494 e. The predicted octanol–water partition coefficient (Wildman–Crippen LogP) is 16.6. The molecule has 17 heteroatoms. The van der Waals surface area contributed by atoms with E-state index >= 15 is 0 Å². The van der Waals surface area contributed by atoms with Gasteiger partial charge in [0.05, 0.1) is 68.3 Å². The van der Waals surface area contributed by atoms with Crippen LogP contribution in [0.2, 0.25) is 0 Å². The second-order valence-electron chi connectivity index (χ2n) is 23.3. The molecule has 0 aliphatic carbocycles. The van der Waals surface area contributed by atoms with Crippen molar-refractivity contribution in [3.63, 3.8) is 0 Å². The average molecular weight is 1240 g/mol. The smallest absolute Gasteiger partial charge is 0.405 e. The first-order valence-corrected chi connectivity index (χ1v) is 30.7. The van der Waals surface area contributed by atoms with Gasteiger partial charge in [-0.05, 0) is 158 Å². The summed E-state index contributed by atoms with van der Waals surface area (Å²) in [6, 6.07) is 61.1. The zero-order valence-electron chi connectivity index (χ0n) is 49.5. The fourth-order valence-corrected chi connectivity index (χ4v) is 9.85. The number of rotatable bonds is 8. The first-order chi connectivity index (χ1) is 38.9. The van der Waals surface area contributed by atoms with E-state index in [0.717, 1.165) is 77.0 Å². The number of nitriles is 2. The Balaban J connectivity index is 0.000000206. The number of benzene rings is 6. The molecular formula is C67H77B3BrN4O6P3. The van der Waals surface area contributed by atoms with Crippen molar-refractivity contribution in [2.75, 3.05) is 0 Å². The molecule has 432 valence electrons. The van der Waals surface area contributed by atoms with Gasteiger partial charge in [0.2, 0.25) is 0 Å². The molecule has 0 spiro atoms. The lowest BCUT2D eigenvalue weighted by atomic mass is 9.49. The molecule has 0 saturated carbocycles. The molecule has 3 aliphatic rings. The molecule has 84 heavy (non-hydrogen) atoms. The van der Waals surface area contributed by atoms with Crippen molar-refractivity contribution in [3.05, 3.63) is 198 Å². The van der Waals surface area contributed by atoms with Crippen LogP contribution in [0.1, 0.15) is 102 Å². The number of hydrogen-bond donors (Lipinski definition) is 0. The molecular weight excluding hydrogens is 1160 g/mol. The highest BCUT2D eigenvalue weighted by Gasteiger charge is 2.63. The standard InChI is InChI=1S/C30H27BN2O2.C24H15BrN2.C12H24B2O4.CH4.H4P2.H3P/c1-29(2)30(3,4)35-31(34-29)26-16-23(21-11-7-5-8-12-21)15-24(17-26)28-18-25(19-32)27(20-33-28)22-13-9-6-10-14-22;25-22-12-19(17-7-3-1-4-8-17)11-20(13-22)24-14-21(15-26)23(16-27-24)18-9-5-2-6-10-18;1-9(2)10(3,4)16-13(15-9)14-17-11(5,6)12(7,8)18-14;;1-2;/h5-18,20H,1-4H3;1-14,16H;1-8H3;1H4;1-2H2;1H3. The van der Waals surface area contributed by atoms with Crippen LogP contribution in [0.25, 0.3) is 67.0 Å². The van der Waals surface area contributed by atoms with Gasteiger partial charge in [0, 0.05) is 39.1 Å². The third kappa shape index (κ3) is 15.1. The summed E-state index contributed by atoms with van der Waals surface area (Å²) in [7, 11) is 3.22. The number of hydrogen-bond acceptors (Lipinski definition) is 10. The molecule has 3 unspecified atom stereocenters. The predicted molar refractivity (Wildman–Crippen MR) is 363 cm³/mol. The van der Waals surface area contributed by atoms with Gasteiger partial charge in [-0.25, -0.2) is 0 Å². The van der Waals surface area contributed by atoms with E-state index in [9.17, 15) is 10.5 Å². The summed E-state index contributed by atoms with van der Waals surface area (Å²) in [5.41, 5.74) is 11.2. The van der Waals surface area contributed by atoms with Crippen LogP contribution in [0.5, 0.6) is 0 Å². The van der Waals surface area contributed by atoms with E-state index in [1.54, 1.807) is 12.4 Å². The Morgan fingerprint density at radius 2 is 0.679 bits per heavy atom. The van der Waals surface area contributed by atoms with Crippen molar-refractivity contribution in [1.29, 1.82) is 10.5 Å². The third-order valence-electron chi connectivity index (χ3n) is 16.2. The zero-order chi connectivity index (χ0) is 59.3. The molecule has 3 fully saturated rings. The second kappa shape index (κ2) is 27.8. The van der Waals surface area contributed by atoms with Crippen LogP contribution in [0.15, 0.2) is 187 Å². The molecule has 6 aromatic carbocycles. The van der Waals surface area contributed by atoms with Crippen LogP contribution in [0, 0.1) is 22.7 Å². The van der Waals surface area contributed by atoms with Crippen molar-refractivity contribution < 1.29 is 27.9 Å². The third-order valence-corrected chi connectivity index (χ3v) is 16.6. The van der Waals surface area contributed by atoms with Gasteiger partial charge in [-0.1, -0.05) is 157 Å². The minimum atomic E-state index is -0.499. The topological polar surface area (TPSA) is 129 Å². The van der Waals surface area contributed by atoms with Gasteiger partial charge >= 0.3 is 21.1 Å². The summed E-state index contributed by atoms with van der Waals surface area (Å²) in [4.78, 5) is 9.40.